The van der Waals surface area contributed by atoms with Gasteiger partial charge in [0, 0.05) is 9.75 Å². The first-order valence-electron chi connectivity index (χ1n) is 6.18. The molecular weight excluding hydrogens is 310 g/mol. The molecule has 0 saturated carbocycles. The van der Waals surface area contributed by atoms with E-state index in [4.69, 9.17) is 11.6 Å². The molecule has 0 unspecified atom stereocenters. The average molecular weight is 322 g/mol. The Morgan fingerprint density at radius 1 is 1.29 bits per heavy atom. The van der Waals surface area contributed by atoms with Crippen molar-refractivity contribution in [2.75, 3.05) is 5.32 Å². The minimum absolute atomic E-state index is 0.108. The van der Waals surface area contributed by atoms with Crippen LogP contribution in [-0.2, 0) is 6.54 Å². The number of aryl methyl sites for hydroxylation is 2. The molecule has 7 nitrogen and oxygen atoms in total. The van der Waals surface area contributed by atoms with Crippen LogP contribution in [0.15, 0.2) is 18.7 Å². The van der Waals surface area contributed by atoms with E-state index in [0.717, 1.165) is 0 Å². The number of rotatable bonds is 4. The van der Waals surface area contributed by atoms with Crippen molar-refractivity contribution in [1.29, 1.82) is 0 Å². The molecule has 0 aromatic carbocycles. The van der Waals surface area contributed by atoms with Crippen LogP contribution >= 0.6 is 22.9 Å². The maximum atomic E-state index is 5.92. The van der Waals surface area contributed by atoms with Gasteiger partial charge in [0.05, 0.1) is 6.54 Å². The van der Waals surface area contributed by atoms with Crippen molar-refractivity contribution in [1.82, 2.24) is 29.7 Å². The molecule has 0 aliphatic rings. The molecule has 108 valence electrons. The summed E-state index contributed by atoms with van der Waals surface area (Å²) in [5.74, 6) is 0.734. The highest BCUT2D eigenvalue weighted by atomic mass is 35.5. The van der Waals surface area contributed by atoms with Crippen molar-refractivity contribution in [2.24, 2.45) is 0 Å². The van der Waals surface area contributed by atoms with Crippen LogP contribution < -0.4 is 5.32 Å². The number of nitrogens with zero attached hydrogens (tertiary/aromatic N) is 6. The quantitative estimate of drug-likeness (QED) is 0.794. The lowest BCUT2D eigenvalue weighted by Crippen LogP contribution is -2.09. The largest absolute Gasteiger partial charge is 0.349 e. The van der Waals surface area contributed by atoms with Gasteiger partial charge in [0.15, 0.2) is 0 Å². The molecule has 0 spiro atoms. The van der Waals surface area contributed by atoms with E-state index < -0.39 is 0 Å². The Labute approximate surface area is 130 Å². The summed E-state index contributed by atoms with van der Waals surface area (Å²) in [6.07, 6.45) is 2.91. The van der Waals surface area contributed by atoms with Crippen molar-refractivity contribution in [3.63, 3.8) is 0 Å². The molecule has 3 rings (SSSR count). The normalized spacial score (nSPS) is 10.8. The minimum atomic E-state index is 0.108. The van der Waals surface area contributed by atoms with Gasteiger partial charge in [-0.2, -0.15) is 24.7 Å². The van der Waals surface area contributed by atoms with Crippen LogP contribution in [0, 0.1) is 13.8 Å². The zero-order valence-corrected chi connectivity index (χ0v) is 13.0. The second-order valence-electron chi connectivity index (χ2n) is 4.37. The van der Waals surface area contributed by atoms with Crippen LogP contribution in [-0.4, -0.2) is 29.7 Å². The maximum absolute atomic E-state index is 5.92. The summed E-state index contributed by atoms with van der Waals surface area (Å²) in [6.45, 7) is 4.83. The highest BCUT2D eigenvalue weighted by Gasteiger charge is 2.08. The van der Waals surface area contributed by atoms with E-state index in [-0.39, 0.29) is 5.28 Å². The molecule has 0 fully saturated rings. The van der Waals surface area contributed by atoms with Crippen molar-refractivity contribution in [3.8, 4) is 5.95 Å². The molecule has 0 amide bonds. The fraction of sp³-hybridized carbons (Fsp3) is 0.250. The van der Waals surface area contributed by atoms with Gasteiger partial charge in [-0.3, -0.25) is 0 Å². The van der Waals surface area contributed by atoms with Gasteiger partial charge in [0.25, 0.3) is 5.95 Å². The lowest BCUT2D eigenvalue weighted by Gasteiger charge is -2.05. The molecule has 21 heavy (non-hydrogen) atoms. The monoisotopic (exact) mass is 321 g/mol. The lowest BCUT2D eigenvalue weighted by atomic mass is 10.3. The second kappa shape index (κ2) is 5.74. The highest BCUT2D eigenvalue weighted by Crippen LogP contribution is 2.21. The summed E-state index contributed by atoms with van der Waals surface area (Å²) < 4.78 is 1.43. The smallest absolute Gasteiger partial charge is 0.258 e. The molecule has 0 bridgehead atoms. The molecule has 0 radical (unpaired) electrons. The van der Waals surface area contributed by atoms with Crippen LogP contribution in [0.3, 0.4) is 0 Å². The summed E-state index contributed by atoms with van der Waals surface area (Å²) >= 11 is 7.66. The Morgan fingerprint density at radius 2 is 2.14 bits per heavy atom. The van der Waals surface area contributed by atoms with Crippen LogP contribution in [0.1, 0.15) is 15.3 Å². The predicted molar refractivity (Wildman–Crippen MR) is 80.9 cm³/mol. The van der Waals surface area contributed by atoms with Gasteiger partial charge >= 0.3 is 0 Å². The van der Waals surface area contributed by atoms with Crippen molar-refractivity contribution < 1.29 is 0 Å². The predicted octanol–water partition coefficient (Wildman–Crippen LogP) is 2.40. The molecular formula is C12H12ClN7S. The number of hydrogen-bond acceptors (Lipinski definition) is 7. The van der Waals surface area contributed by atoms with Gasteiger partial charge in [0.2, 0.25) is 11.2 Å². The third-order valence-corrected chi connectivity index (χ3v) is 4.18. The number of hydrogen-bond donors (Lipinski definition) is 1. The molecule has 0 saturated heterocycles. The minimum Gasteiger partial charge on any atom is -0.349 e. The van der Waals surface area contributed by atoms with Crippen LogP contribution in [0.5, 0.6) is 0 Å². The van der Waals surface area contributed by atoms with E-state index in [1.807, 2.05) is 0 Å². The number of nitrogens with one attached hydrogen (secondary N) is 1. The lowest BCUT2D eigenvalue weighted by molar-refractivity contribution is 0.793. The Kier molecular flexibility index (Phi) is 3.80. The van der Waals surface area contributed by atoms with Crippen LogP contribution in [0.2, 0.25) is 5.28 Å². The van der Waals surface area contributed by atoms with Gasteiger partial charge in [-0.05, 0) is 37.1 Å². The molecule has 9 heteroatoms. The van der Waals surface area contributed by atoms with Crippen molar-refractivity contribution >= 4 is 28.9 Å². The van der Waals surface area contributed by atoms with Crippen molar-refractivity contribution in [3.05, 3.63) is 39.3 Å². The Morgan fingerprint density at radius 3 is 2.81 bits per heavy atom. The third-order valence-electron chi connectivity index (χ3n) is 2.86. The Bertz CT molecular complexity index is 734. The molecule has 3 aromatic heterocycles. The van der Waals surface area contributed by atoms with E-state index in [0.29, 0.717) is 18.4 Å². The van der Waals surface area contributed by atoms with Crippen molar-refractivity contribution in [2.45, 2.75) is 20.4 Å². The van der Waals surface area contributed by atoms with Gasteiger partial charge in [0.1, 0.15) is 12.7 Å². The first-order chi connectivity index (χ1) is 10.1. The zero-order valence-electron chi connectivity index (χ0n) is 11.4. The number of thiophene rings is 1. The second-order valence-corrected chi connectivity index (χ2v) is 6.05. The highest BCUT2D eigenvalue weighted by molar-refractivity contribution is 7.12. The number of halogens is 1. The zero-order chi connectivity index (χ0) is 14.8. The maximum Gasteiger partial charge on any atom is 0.258 e. The molecule has 1 N–H and O–H groups in total. The van der Waals surface area contributed by atoms with E-state index in [2.05, 4.69) is 50.3 Å². The fourth-order valence-electron chi connectivity index (χ4n) is 1.74. The van der Waals surface area contributed by atoms with Gasteiger partial charge in [-0.1, -0.05) is 0 Å². The summed E-state index contributed by atoms with van der Waals surface area (Å²) in [4.78, 5) is 18.7. The van der Waals surface area contributed by atoms with E-state index in [9.17, 15) is 0 Å². The van der Waals surface area contributed by atoms with Crippen LogP contribution in [0.25, 0.3) is 5.95 Å². The van der Waals surface area contributed by atoms with E-state index in [1.54, 1.807) is 11.3 Å². The molecule has 0 aliphatic carbocycles. The van der Waals surface area contributed by atoms with Gasteiger partial charge in [-0.25, -0.2) is 4.98 Å². The van der Waals surface area contributed by atoms with Gasteiger partial charge < -0.3 is 5.32 Å². The average Bonchev–Trinajstić information content (AvgIpc) is 3.07. The fourth-order valence-corrected chi connectivity index (χ4v) is 2.88. The standard InChI is InChI=1S/C12H12ClN7S/c1-7-3-9(21-8(7)2)4-15-11-17-10(13)18-12(19-11)20-6-14-5-16-20/h3,5-6H,4H2,1-2H3,(H,15,17,18,19). The molecule has 0 atom stereocenters. The Hall–Kier alpha value is -2.06. The van der Waals surface area contributed by atoms with E-state index in [1.165, 1.54) is 32.7 Å². The third kappa shape index (κ3) is 3.17. The van der Waals surface area contributed by atoms with Crippen LogP contribution in [0.4, 0.5) is 5.95 Å². The molecule has 3 aromatic rings. The summed E-state index contributed by atoms with van der Waals surface area (Å²) in [6, 6.07) is 2.15. The van der Waals surface area contributed by atoms with Gasteiger partial charge in [-0.15, -0.1) is 11.3 Å². The Balaban J connectivity index is 1.79. The SMILES string of the molecule is Cc1cc(CNc2nc(Cl)nc(-n3cncn3)n2)sc1C. The van der Waals surface area contributed by atoms with E-state index >= 15 is 0 Å². The summed E-state index contributed by atoms with van der Waals surface area (Å²) in [5, 5.41) is 7.23. The summed E-state index contributed by atoms with van der Waals surface area (Å²) in [5.41, 5.74) is 1.29. The molecule has 3 heterocycles. The molecule has 0 aliphatic heterocycles. The number of anilines is 1. The first kappa shape index (κ1) is 13.9. The number of aromatic nitrogens is 6. The topological polar surface area (TPSA) is 81.4 Å². The first-order valence-corrected chi connectivity index (χ1v) is 7.37. The summed E-state index contributed by atoms with van der Waals surface area (Å²) in [7, 11) is 0.